The van der Waals surface area contributed by atoms with E-state index in [0.717, 1.165) is 11.3 Å². The smallest absolute Gasteiger partial charge is 0.198 e. The van der Waals surface area contributed by atoms with Gasteiger partial charge in [0.1, 0.15) is 11.6 Å². The molecule has 4 nitrogen and oxygen atoms in total. The Labute approximate surface area is 111 Å². The summed E-state index contributed by atoms with van der Waals surface area (Å²) in [5.74, 6) is 0.377. The number of methoxy groups -OCH3 is 3. The summed E-state index contributed by atoms with van der Waals surface area (Å²) in [6, 6.07) is 8.49. The van der Waals surface area contributed by atoms with Crippen LogP contribution in [0.25, 0.3) is 11.3 Å². The number of halogens is 1. The number of hydrogen-bond acceptors (Lipinski definition) is 3. The Morgan fingerprint density at radius 1 is 1.05 bits per heavy atom. The van der Waals surface area contributed by atoms with E-state index in [1.165, 1.54) is 20.3 Å². The van der Waals surface area contributed by atoms with Gasteiger partial charge in [-0.1, -0.05) is 0 Å². The van der Waals surface area contributed by atoms with Gasteiger partial charge in [-0.25, -0.2) is 4.39 Å². The fourth-order valence-corrected chi connectivity index (χ4v) is 1.89. The Morgan fingerprint density at radius 2 is 1.68 bits per heavy atom. The minimum absolute atomic E-state index is 0.348. The van der Waals surface area contributed by atoms with Gasteiger partial charge in [0.05, 0.1) is 18.5 Å². The zero-order chi connectivity index (χ0) is 13.8. The van der Waals surface area contributed by atoms with Gasteiger partial charge in [-0.05, 0) is 24.3 Å². The maximum absolute atomic E-state index is 13.9. The van der Waals surface area contributed by atoms with E-state index >= 15 is 0 Å². The van der Waals surface area contributed by atoms with Gasteiger partial charge in [0.15, 0.2) is 6.29 Å². The second-order valence-corrected chi connectivity index (χ2v) is 3.98. The Hall–Kier alpha value is -1.85. The number of rotatable bonds is 5. The van der Waals surface area contributed by atoms with Gasteiger partial charge >= 0.3 is 0 Å². The first-order valence-corrected chi connectivity index (χ1v) is 5.78. The van der Waals surface area contributed by atoms with Crippen LogP contribution in [-0.4, -0.2) is 26.3 Å². The van der Waals surface area contributed by atoms with E-state index in [2.05, 4.69) is 4.98 Å². The van der Waals surface area contributed by atoms with E-state index in [9.17, 15) is 4.39 Å². The number of nitrogens with one attached hydrogen (secondary N) is 1. The highest BCUT2D eigenvalue weighted by Gasteiger charge is 2.16. The average molecular weight is 265 g/mol. The van der Waals surface area contributed by atoms with Crippen LogP contribution in [0.3, 0.4) is 0 Å². The Bertz CT molecular complexity index is 532. The molecule has 1 aromatic carbocycles. The van der Waals surface area contributed by atoms with Crippen LogP contribution < -0.4 is 4.74 Å². The fourth-order valence-electron chi connectivity index (χ4n) is 1.89. The van der Waals surface area contributed by atoms with Crippen molar-refractivity contribution in [3.8, 4) is 17.0 Å². The lowest BCUT2D eigenvalue weighted by Crippen LogP contribution is -2.03. The number of H-pyrrole nitrogens is 1. The van der Waals surface area contributed by atoms with E-state index in [1.54, 1.807) is 31.4 Å². The van der Waals surface area contributed by atoms with Crippen molar-refractivity contribution in [2.45, 2.75) is 6.29 Å². The van der Waals surface area contributed by atoms with Gasteiger partial charge in [-0.2, -0.15) is 0 Å². The standard InChI is InChI=1S/C14H16FNO3/c1-17-10-6-4-9(5-7-10)13-11(15)8-12(16-13)14(18-2)19-3/h4-8,14,16H,1-3H3. The fraction of sp³-hybridized carbons (Fsp3) is 0.286. The highest BCUT2D eigenvalue weighted by Crippen LogP contribution is 2.27. The van der Waals surface area contributed by atoms with Crippen molar-refractivity contribution in [3.63, 3.8) is 0 Å². The molecule has 0 aliphatic carbocycles. The summed E-state index contributed by atoms with van der Waals surface area (Å²) in [6.07, 6.45) is -0.610. The molecule has 1 heterocycles. The van der Waals surface area contributed by atoms with Crippen molar-refractivity contribution in [1.29, 1.82) is 0 Å². The molecule has 2 aromatic rings. The summed E-state index contributed by atoms with van der Waals surface area (Å²) < 4.78 is 29.2. The summed E-state index contributed by atoms with van der Waals surface area (Å²) in [4.78, 5) is 2.97. The Morgan fingerprint density at radius 3 is 2.21 bits per heavy atom. The molecule has 0 aliphatic heterocycles. The van der Waals surface area contributed by atoms with Crippen molar-refractivity contribution in [1.82, 2.24) is 4.98 Å². The lowest BCUT2D eigenvalue weighted by molar-refractivity contribution is -0.108. The molecule has 5 heteroatoms. The van der Waals surface area contributed by atoms with E-state index in [4.69, 9.17) is 14.2 Å². The summed E-state index contributed by atoms with van der Waals surface area (Å²) in [5, 5.41) is 0. The predicted molar refractivity (Wildman–Crippen MR) is 69.5 cm³/mol. The van der Waals surface area contributed by atoms with Gasteiger partial charge in [0.25, 0.3) is 0 Å². The van der Waals surface area contributed by atoms with Gasteiger partial charge in [-0.15, -0.1) is 0 Å². The number of benzene rings is 1. The quantitative estimate of drug-likeness (QED) is 0.845. The number of aromatic nitrogens is 1. The third kappa shape index (κ3) is 2.77. The van der Waals surface area contributed by atoms with Crippen LogP contribution in [0.15, 0.2) is 30.3 Å². The summed E-state index contributed by atoms with van der Waals surface area (Å²) in [5.41, 5.74) is 1.67. The van der Waals surface area contributed by atoms with Crippen molar-refractivity contribution < 1.29 is 18.6 Å². The zero-order valence-electron chi connectivity index (χ0n) is 11.1. The molecule has 102 valence electrons. The highest BCUT2D eigenvalue weighted by atomic mass is 19.1. The van der Waals surface area contributed by atoms with E-state index < -0.39 is 6.29 Å². The van der Waals surface area contributed by atoms with Crippen molar-refractivity contribution in [2.75, 3.05) is 21.3 Å². The molecule has 0 aliphatic rings. The van der Waals surface area contributed by atoms with E-state index in [1.807, 2.05) is 0 Å². The van der Waals surface area contributed by atoms with Crippen molar-refractivity contribution in [2.24, 2.45) is 0 Å². The third-order valence-electron chi connectivity index (χ3n) is 2.85. The Kier molecular flexibility index (Phi) is 4.19. The number of hydrogen-bond donors (Lipinski definition) is 1. The zero-order valence-corrected chi connectivity index (χ0v) is 11.1. The van der Waals surface area contributed by atoms with E-state index in [0.29, 0.717) is 11.4 Å². The summed E-state index contributed by atoms with van der Waals surface area (Å²) in [6.45, 7) is 0. The molecule has 0 bridgehead atoms. The molecule has 0 saturated heterocycles. The third-order valence-corrected chi connectivity index (χ3v) is 2.85. The molecule has 0 fully saturated rings. The molecule has 19 heavy (non-hydrogen) atoms. The Balaban J connectivity index is 2.33. The molecule has 2 rings (SSSR count). The number of ether oxygens (including phenoxy) is 3. The molecule has 0 radical (unpaired) electrons. The van der Waals surface area contributed by atoms with Crippen LogP contribution in [0, 0.1) is 5.82 Å². The van der Waals surface area contributed by atoms with E-state index in [-0.39, 0.29) is 5.82 Å². The first-order chi connectivity index (χ1) is 9.19. The second kappa shape index (κ2) is 5.86. The van der Waals surface area contributed by atoms with Crippen molar-refractivity contribution >= 4 is 0 Å². The highest BCUT2D eigenvalue weighted by molar-refractivity contribution is 5.61. The van der Waals surface area contributed by atoms with Crippen LogP contribution in [0.2, 0.25) is 0 Å². The topological polar surface area (TPSA) is 43.5 Å². The molecule has 1 aromatic heterocycles. The van der Waals surface area contributed by atoms with Crippen molar-refractivity contribution in [3.05, 3.63) is 41.8 Å². The average Bonchev–Trinajstić information content (AvgIpc) is 2.82. The van der Waals surface area contributed by atoms with Crippen LogP contribution >= 0.6 is 0 Å². The van der Waals surface area contributed by atoms with Crippen LogP contribution in [0.5, 0.6) is 5.75 Å². The SMILES string of the molecule is COc1ccc(-c2[nH]c(C(OC)OC)cc2F)cc1. The molecule has 0 unspecified atom stereocenters. The van der Waals surface area contributed by atoms with Gasteiger partial charge in [0, 0.05) is 25.8 Å². The monoisotopic (exact) mass is 265 g/mol. The van der Waals surface area contributed by atoms with Crippen LogP contribution in [0.1, 0.15) is 12.0 Å². The van der Waals surface area contributed by atoms with Crippen LogP contribution in [-0.2, 0) is 9.47 Å². The molecule has 0 saturated carbocycles. The molecule has 0 spiro atoms. The number of aromatic amines is 1. The molecule has 1 N–H and O–H groups in total. The predicted octanol–water partition coefficient (Wildman–Crippen LogP) is 3.12. The minimum Gasteiger partial charge on any atom is -0.497 e. The maximum Gasteiger partial charge on any atom is 0.198 e. The van der Waals surface area contributed by atoms with Gasteiger partial charge in [-0.3, -0.25) is 0 Å². The first kappa shape index (κ1) is 13.6. The maximum atomic E-state index is 13.9. The molecular formula is C14H16FNO3. The molecular weight excluding hydrogens is 249 g/mol. The lowest BCUT2D eigenvalue weighted by Gasteiger charge is -2.10. The summed E-state index contributed by atoms with van der Waals surface area (Å²) in [7, 11) is 4.59. The largest absolute Gasteiger partial charge is 0.497 e. The van der Waals surface area contributed by atoms with Crippen LogP contribution in [0.4, 0.5) is 4.39 Å². The van der Waals surface area contributed by atoms with Gasteiger partial charge in [0.2, 0.25) is 0 Å². The summed E-state index contributed by atoms with van der Waals surface area (Å²) >= 11 is 0. The molecule has 0 amide bonds. The van der Waals surface area contributed by atoms with Gasteiger partial charge < -0.3 is 19.2 Å². The first-order valence-electron chi connectivity index (χ1n) is 5.78. The normalized spacial score (nSPS) is 11.0. The second-order valence-electron chi connectivity index (χ2n) is 3.98. The molecule has 0 atom stereocenters. The lowest BCUT2D eigenvalue weighted by atomic mass is 10.1. The minimum atomic E-state index is -0.610.